The van der Waals surface area contributed by atoms with Gasteiger partial charge in [-0.05, 0) is 47.2 Å². The SMILES string of the molecule is CC1(C)Cc2c(cc(F)cc2C(N)=O)NC1c1cccc(N2CCOCC2)c1. The van der Waals surface area contributed by atoms with Crippen LogP contribution in [-0.4, -0.2) is 32.2 Å². The standard InChI is InChI=1S/C22H26FN3O2/c1-22(2)13-18-17(21(24)27)11-15(23)12-19(18)25-20(22)14-4-3-5-16(10-14)26-6-8-28-9-7-26/h3-5,10-12,20,25H,6-9,13H2,1-2H3,(H2,24,27). The van der Waals surface area contributed by atoms with Gasteiger partial charge in [-0.2, -0.15) is 0 Å². The van der Waals surface area contributed by atoms with E-state index in [0.29, 0.717) is 12.1 Å². The largest absolute Gasteiger partial charge is 0.378 e. The topological polar surface area (TPSA) is 67.6 Å². The van der Waals surface area contributed by atoms with Gasteiger partial charge in [-0.3, -0.25) is 4.79 Å². The number of carbonyl (C=O) groups excluding carboxylic acids is 1. The molecule has 0 saturated carbocycles. The lowest BCUT2D eigenvalue weighted by Crippen LogP contribution is -2.37. The summed E-state index contributed by atoms with van der Waals surface area (Å²) in [6.07, 6.45) is 0.639. The zero-order valence-corrected chi connectivity index (χ0v) is 16.3. The van der Waals surface area contributed by atoms with E-state index in [4.69, 9.17) is 10.5 Å². The number of nitrogens with zero attached hydrogens (tertiary/aromatic N) is 1. The third kappa shape index (κ3) is 3.44. The minimum absolute atomic E-state index is 0.0106. The van der Waals surface area contributed by atoms with E-state index in [1.165, 1.54) is 17.8 Å². The first-order valence-electron chi connectivity index (χ1n) is 9.66. The van der Waals surface area contributed by atoms with E-state index < -0.39 is 11.7 Å². The Labute approximate surface area is 164 Å². The lowest BCUT2D eigenvalue weighted by Gasteiger charge is -2.42. The second-order valence-corrected chi connectivity index (χ2v) is 8.28. The highest BCUT2D eigenvalue weighted by Crippen LogP contribution is 2.46. The van der Waals surface area contributed by atoms with Crippen molar-refractivity contribution in [3.05, 3.63) is 58.9 Å². The van der Waals surface area contributed by atoms with Gasteiger partial charge >= 0.3 is 0 Å². The van der Waals surface area contributed by atoms with Crippen molar-refractivity contribution in [3.63, 3.8) is 0 Å². The van der Waals surface area contributed by atoms with E-state index in [0.717, 1.165) is 37.4 Å². The van der Waals surface area contributed by atoms with Crippen LogP contribution in [0, 0.1) is 11.2 Å². The van der Waals surface area contributed by atoms with Crippen LogP contribution in [0.25, 0.3) is 0 Å². The van der Waals surface area contributed by atoms with E-state index in [9.17, 15) is 9.18 Å². The van der Waals surface area contributed by atoms with Crippen molar-refractivity contribution < 1.29 is 13.9 Å². The molecule has 1 saturated heterocycles. The predicted octanol–water partition coefficient (Wildman–Crippen LogP) is 3.50. The number of nitrogens with one attached hydrogen (secondary N) is 1. The van der Waals surface area contributed by atoms with Crippen LogP contribution < -0.4 is 16.0 Å². The van der Waals surface area contributed by atoms with Gasteiger partial charge in [-0.25, -0.2) is 4.39 Å². The molecule has 3 N–H and O–H groups in total. The van der Waals surface area contributed by atoms with Crippen molar-refractivity contribution in [1.82, 2.24) is 0 Å². The van der Waals surface area contributed by atoms with Crippen LogP contribution in [0.3, 0.4) is 0 Å². The summed E-state index contributed by atoms with van der Waals surface area (Å²) in [4.78, 5) is 14.1. The number of rotatable bonds is 3. The molecule has 148 valence electrons. The van der Waals surface area contributed by atoms with Gasteiger partial charge < -0.3 is 20.7 Å². The summed E-state index contributed by atoms with van der Waals surface area (Å²) in [5, 5.41) is 3.48. The number of ether oxygens (including phenoxy) is 1. The lowest BCUT2D eigenvalue weighted by atomic mass is 9.72. The summed E-state index contributed by atoms with van der Waals surface area (Å²) < 4.78 is 19.5. The van der Waals surface area contributed by atoms with Crippen molar-refractivity contribution in [2.45, 2.75) is 26.3 Å². The van der Waals surface area contributed by atoms with Crippen LogP contribution in [0.2, 0.25) is 0 Å². The molecule has 2 aliphatic heterocycles. The van der Waals surface area contributed by atoms with E-state index in [2.05, 4.69) is 48.3 Å². The van der Waals surface area contributed by atoms with Crippen LogP contribution in [0.1, 0.15) is 41.4 Å². The Morgan fingerprint density at radius 1 is 1.25 bits per heavy atom. The molecule has 2 heterocycles. The minimum Gasteiger partial charge on any atom is -0.378 e. The monoisotopic (exact) mass is 383 g/mol. The van der Waals surface area contributed by atoms with Crippen LogP contribution in [0.5, 0.6) is 0 Å². The summed E-state index contributed by atoms with van der Waals surface area (Å²) in [5.41, 5.74) is 9.32. The molecule has 0 bridgehead atoms. The lowest BCUT2D eigenvalue weighted by molar-refractivity contribution is 0.0998. The van der Waals surface area contributed by atoms with Crippen molar-refractivity contribution in [1.29, 1.82) is 0 Å². The van der Waals surface area contributed by atoms with E-state index in [1.807, 2.05) is 0 Å². The molecule has 0 radical (unpaired) electrons. The molecule has 0 spiro atoms. The highest BCUT2D eigenvalue weighted by molar-refractivity contribution is 5.96. The van der Waals surface area contributed by atoms with Crippen molar-refractivity contribution >= 4 is 17.3 Å². The average molecular weight is 383 g/mol. The fourth-order valence-corrected chi connectivity index (χ4v) is 4.34. The third-order valence-corrected chi connectivity index (χ3v) is 5.77. The highest BCUT2D eigenvalue weighted by Gasteiger charge is 2.38. The second kappa shape index (κ2) is 7.09. The number of amides is 1. The van der Waals surface area contributed by atoms with Crippen LogP contribution in [0.15, 0.2) is 36.4 Å². The van der Waals surface area contributed by atoms with Crippen LogP contribution >= 0.6 is 0 Å². The Hall–Kier alpha value is -2.60. The molecule has 2 aromatic carbocycles. The zero-order chi connectivity index (χ0) is 19.9. The molecule has 1 atom stereocenters. The van der Waals surface area contributed by atoms with E-state index in [1.54, 1.807) is 0 Å². The number of primary amides is 1. The number of halogens is 1. The molecule has 0 aliphatic carbocycles. The molecule has 1 fully saturated rings. The number of hydrogen-bond acceptors (Lipinski definition) is 4. The molecule has 1 unspecified atom stereocenters. The first kappa shape index (κ1) is 18.7. The fourth-order valence-electron chi connectivity index (χ4n) is 4.34. The fraction of sp³-hybridized carbons (Fsp3) is 0.409. The van der Waals surface area contributed by atoms with Gasteiger partial charge in [0.25, 0.3) is 0 Å². The van der Waals surface area contributed by atoms with Gasteiger partial charge in [-0.15, -0.1) is 0 Å². The maximum atomic E-state index is 14.1. The average Bonchev–Trinajstić information content (AvgIpc) is 2.67. The van der Waals surface area contributed by atoms with Gasteiger partial charge in [0, 0.05) is 30.0 Å². The Morgan fingerprint density at radius 3 is 2.71 bits per heavy atom. The van der Waals surface area contributed by atoms with Gasteiger partial charge in [0.15, 0.2) is 0 Å². The summed E-state index contributed by atoms with van der Waals surface area (Å²) >= 11 is 0. The molecule has 6 heteroatoms. The van der Waals surface area contributed by atoms with Gasteiger partial charge in [0.2, 0.25) is 5.91 Å². The molecular weight excluding hydrogens is 357 g/mol. The maximum Gasteiger partial charge on any atom is 0.249 e. The number of anilines is 2. The molecule has 0 aromatic heterocycles. The Bertz CT molecular complexity index is 907. The van der Waals surface area contributed by atoms with Gasteiger partial charge in [0.05, 0.1) is 19.3 Å². The highest BCUT2D eigenvalue weighted by atomic mass is 19.1. The summed E-state index contributed by atoms with van der Waals surface area (Å²) in [7, 11) is 0. The summed E-state index contributed by atoms with van der Waals surface area (Å²) in [6, 6.07) is 11.2. The molecule has 28 heavy (non-hydrogen) atoms. The molecule has 2 aromatic rings. The van der Waals surface area contributed by atoms with Crippen molar-refractivity contribution in [2.75, 3.05) is 36.5 Å². The normalized spacial score (nSPS) is 21.0. The Balaban J connectivity index is 1.71. The first-order valence-corrected chi connectivity index (χ1v) is 9.66. The Morgan fingerprint density at radius 2 is 2.00 bits per heavy atom. The smallest absolute Gasteiger partial charge is 0.249 e. The molecule has 4 rings (SSSR count). The number of benzene rings is 2. The molecule has 5 nitrogen and oxygen atoms in total. The van der Waals surface area contributed by atoms with E-state index in [-0.39, 0.29) is 17.0 Å². The van der Waals surface area contributed by atoms with Crippen molar-refractivity contribution in [3.8, 4) is 0 Å². The first-order chi connectivity index (χ1) is 13.3. The van der Waals surface area contributed by atoms with Gasteiger partial charge in [0.1, 0.15) is 5.82 Å². The predicted molar refractivity (Wildman–Crippen MR) is 108 cm³/mol. The number of hydrogen-bond donors (Lipinski definition) is 2. The number of carbonyl (C=O) groups is 1. The third-order valence-electron chi connectivity index (χ3n) is 5.77. The van der Waals surface area contributed by atoms with Crippen LogP contribution in [0.4, 0.5) is 15.8 Å². The minimum atomic E-state index is -0.596. The summed E-state index contributed by atoms with van der Waals surface area (Å²) in [6.45, 7) is 7.54. The maximum absolute atomic E-state index is 14.1. The second-order valence-electron chi connectivity index (χ2n) is 8.28. The molecule has 2 aliphatic rings. The molecule has 1 amide bonds. The Kier molecular flexibility index (Phi) is 4.75. The number of fused-ring (bicyclic) bond motifs is 1. The zero-order valence-electron chi connectivity index (χ0n) is 16.3. The summed E-state index contributed by atoms with van der Waals surface area (Å²) in [5.74, 6) is -1.05. The van der Waals surface area contributed by atoms with Crippen molar-refractivity contribution in [2.24, 2.45) is 11.1 Å². The number of morpholine rings is 1. The van der Waals surface area contributed by atoms with E-state index >= 15 is 0 Å². The quantitative estimate of drug-likeness (QED) is 0.851. The molecular formula is C22H26FN3O2. The van der Waals surface area contributed by atoms with Gasteiger partial charge in [-0.1, -0.05) is 26.0 Å². The number of nitrogens with two attached hydrogens (primary N) is 1. The van der Waals surface area contributed by atoms with Crippen LogP contribution in [-0.2, 0) is 11.2 Å².